The summed E-state index contributed by atoms with van der Waals surface area (Å²) in [5, 5.41) is 9.38. The van der Waals surface area contributed by atoms with Crippen molar-refractivity contribution in [2.45, 2.75) is 37.5 Å². The lowest BCUT2D eigenvalue weighted by Crippen LogP contribution is -2.40. The van der Waals surface area contributed by atoms with E-state index in [0.717, 1.165) is 12.8 Å². The van der Waals surface area contributed by atoms with Crippen molar-refractivity contribution in [3.05, 3.63) is 23.2 Å². The molecule has 0 unspecified atom stereocenters. The van der Waals surface area contributed by atoms with Crippen LogP contribution < -0.4 is 4.74 Å². The SMILES string of the molecule is CCCCOc1cc(S(=O)(=O)N2CCC(C(=O)O)CC2)ccc1Cl. The molecule has 6 nitrogen and oxygen atoms in total. The standard InChI is InChI=1S/C16H22ClNO5S/c1-2-3-10-23-15-11-13(4-5-14(15)17)24(21,22)18-8-6-12(7-9-18)16(19)20/h4-5,11-12H,2-3,6-10H2,1H3,(H,19,20). The summed E-state index contributed by atoms with van der Waals surface area (Å²) >= 11 is 6.07. The molecule has 0 aromatic heterocycles. The van der Waals surface area contributed by atoms with E-state index in [2.05, 4.69) is 0 Å². The molecule has 1 N–H and O–H groups in total. The zero-order valence-electron chi connectivity index (χ0n) is 13.6. The Labute approximate surface area is 147 Å². The smallest absolute Gasteiger partial charge is 0.306 e. The number of carboxylic acid groups (broad SMARTS) is 1. The van der Waals surface area contributed by atoms with E-state index < -0.39 is 21.9 Å². The normalized spacial score (nSPS) is 16.9. The number of rotatable bonds is 7. The number of nitrogens with zero attached hydrogens (tertiary/aromatic N) is 1. The molecule has 0 radical (unpaired) electrons. The predicted molar refractivity (Wildman–Crippen MR) is 91.0 cm³/mol. The summed E-state index contributed by atoms with van der Waals surface area (Å²) in [6, 6.07) is 4.41. The lowest BCUT2D eigenvalue weighted by Gasteiger charge is -2.29. The molecule has 0 amide bonds. The number of benzene rings is 1. The molecule has 1 aliphatic rings. The van der Waals surface area contributed by atoms with Gasteiger partial charge in [-0.1, -0.05) is 24.9 Å². The minimum atomic E-state index is -3.68. The van der Waals surface area contributed by atoms with Gasteiger partial charge in [0.15, 0.2) is 0 Å². The molecule has 1 fully saturated rings. The Balaban J connectivity index is 2.14. The van der Waals surface area contributed by atoms with Gasteiger partial charge in [0, 0.05) is 19.2 Å². The summed E-state index contributed by atoms with van der Waals surface area (Å²) in [5.41, 5.74) is 0. The molecule has 1 aromatic rings. The largest absolute Gasteiger partial charge is 0.492 e. The molecule has 1 aromatic carbocycles. The van der Waals surface area contributed by atoms with Gasteiger partial charge in [0.2, 0.25) is 10.0 Å². The maximum absolute atomic E-state index is 12.7. The second-order valence-corrected chi connectivity index (χ2v) is 8.16. The maximum atomic E-state index is 12.7. The summed E-state index contributed by atoms with van der Waals surface area (Å²) in [4.78, 5) is 11.1. The minimum Gasteiger partial charge on any atom is -0.492 e. The van der Waals surface area contributed by atoms with E-state index >= 15 is 0 Å². The lowest BCUT2D eigenvalue weighted by atomic mass is 9.99. The lowest BCUT2D eigenvalue weighted by molar-refractivity contribution is -0.142. The number of aliphatic carboxylic acids is 1. The first-order valence-electron chi connectivity index (χ1n) is 8.01. The second-order valence-electron chi connectivity index (χ2n) is 5.81. The van der Waals surface area contributed by atoms with Gasteiger partial charge in [0.05, 0.1) is 22.4 Å². The molecule has 0 bridgehead atoms. The van der Waals surface area contributed by atoms with Crippen LogP contribution in [0.2, 0.25) is 5.02 Å². The fraction of sp³-hybridized carbons (Fsp3) is 0.562. The van der Waals surface area contributed by atoms with Crippen LogP contribution >= 0.6 is 11.6 Å². The number of carbonyl (C=O) groups is 1. The van der Waals surface area contributed by atoms with Crippen LogP contribution in [0.3, 0.4) is 0 Å². The van der Waals surface area contributed by atoms with Crippen LogP contribution in [0, 0.1) is 5.92 Å². The van der Waals surface area contributed by atoms with E-state index in [1.807, 2.05) is 6.92 Å². The van der Waals surface area contributed by atoms with Crippen LogP contribution in [-0.2, 0) is 14.8 Å². The number of hydrogen-bond acceptors (Lipinski definition) is 4. The first-order chi connectivity index (χ1) is 11.4. The topological polar surface area (TPSA) is 83.9 Å². The molecule has 8 heteroatoms. The number of carboxylic acids is 1. The van der Waals surface area contributed by atoms with Gasteiger partial charge >= 0.3 is 5.97 Å². The van der Waals surface area contributed by atoms with Crippen molar-refractivity contribution in [1.82, 2.24) is 4.31 Å². The summed E-state index contributed by atoms with van der Waals surface area (Å²) in [7, 11) is -3.68. The fourth-order valence-electron chi connectivity index (χ4n) is 2.57. The molecule has 134 valence electrons. The summed E-state index contributed by atoms with van der Waals surface area (Å²) in [6.45, 7) is 2.91. The third-order valence-electron chi connectivity index (χ3n) is 4.10. The molecule has 1 heterocycles. The monoisotopic (exact) mass is 375 g/mol. The number of piperidine rings is 1. The van der Waals surface area contributed by atoms with Crippen LogP contribution in [0.25, 0.3) is 0 Å². The van der Waals surface area contributed by atoms with Gasteiger partial charge in [0.25, 0.3) is 0 Å². The van der Waals surface area contributed by atoms with Crippen molar-refractivity contribution in [2.24, 2.45) is 5.92 Å². The average Bonchev–Trinajstić information content (AvgIpc) is 2.56. The first-order valence-corrected chi connectivity index (χ1v) is 9.83. The zero-order chi connectivity index (χ0) is 17.7. The number of sulfonamides is 1. The fourth-order valence-corrected chi connectivity index (χ4v) is 4.23. The molecule has 0 aliphatic carbocycles. The number of ether oxygens (including phenoxy) is 1. The molecule has 0 atom stereocenters. The summed E-state index contributed by atoms with van der Waals surface area (Å²) in [5.74, 6) is -0.994. The van der Waals surface area contributed by atoms with E-state index in [4.69, 9.17) is 21.4 Å². The second kappa shape index (κ2) is 8.18. The zero-order valence-corrected chi connectivity index (χ0v) is 15.1. The highest BCUT2D eigenvalue weighted by molar-refractivity contribution is 7.89. The Morgan fingerprint density at radius 3 is 2.62 bits per heavy atom. The van der Waals surface area contributed by atoms with Gasteiger partial charge in [-0.05, 0) is 31.4 Å². The first kappa shape index (κ1) is 19.0. The van der Waals surface area contributed by atoms with Gasteiger partial charge in [-0.3, -0.25) is 4.79 Å². The molecule has 2 rings (SSSR count). The van der Waals surface area contributed by atoms with Crippen LogP contribution in [0.1, 0.15) is 32.6 Å². The molecule has 0 saturated carbocycles. The number of halogens is 1. The van der Waals surface area contributed by atoms with Crippen molar-refractivity contribution < 1.29 is 23.1 Å². The van der Waals surface area contributed by atoms with E-state index in [1.54, 1.807) is 0 Å². The molecule has 1 saturated heterocycles. The number of unbranched alkanes of at least 4 members (excludes halogenated alkanes) is 1. The van der Waals surface area contributed by atoms with Crippen LogP contribution in [0.5, 0.6) is 5.75 Å². The van der Waals surface area contributed by atoms with Gasteiger partial charge < -0.3 is 9.84 Å². The third-order valence-corrected chi connectivity index (χ3v) is 6.31. The Morgan fingerprint density at radius 1 is 1.38 bits per heavy atom. The van der Waals surface area contributed by atoms with Gasteiger partial charge in [0.1, 0.15) is 5.75 Å². The van der Waals surface area contributed by atoms with E-state index in [-0.39, 0.29) is 18.0 Å². The number of hydrogen-bond donors (Lipinski definition) is 1. The maximum Gasteiger partial charge on any atom is 0.306 e. The molecular weight excluding hydrogens is 354 g/mol. The van der Waals surface area contributed by atoms with Gasteiger partial charge in [-0.15, -0.1) is 0 Å². The molecular formula is C16H22ClNO5S. The van der Waals surface area contributed by atoms with E-state index in [1.165, 1.54) is 22.5 Å². The Bertz CT molecular complexity index is 684. The van der Waals surface area contributed by atoms with Gasteiger partial charge in [-0.2, -0.15) is 4.31 Å². The van der Waals surface area contributed by atoms with Crippen molar-refractivity contribution in [3.8, 4) is 5.75 Å². The summed E-state index contributed by atoms with van der Waals surface area (Å²) < 4.78 is 32.4. The van der Waals surface area contributed by atoms with Crippen LogP contribution in [-0.4, -0.2) is 43.5 Å². The Hall–Kier alpha value is -1.31. The molecule has 1 aliphatic heterocycles. The Morgan fingerprint density at radius 2 is 2.04 bits per heavy atom. The minimum absolute atomic E-state index is 0.118. The van der Waals surface area contributed by atoms with Crippen molar-refractivity contribution in [3.63, 3.8) is 0 Å². The predicted octanol–water partition coefficient (Wildman–Crippen LogP) is 3.00. The molecule has 0 spiro atoms. The van der Waals surface area contributed by atoms with Crippen molar-refractivity contribution in [2.75, 3.05) is 19.7 Å². The van der Waals surface area contributed by atoms with Crippen LogP contribution in [0.15, 0.2) is 23.1 Å². The molecule has 24 heavy (non-hydrogen) atoms. The van der Waals surface area contributed by atoms with E-state index in [9.17, 15) is 13.2 Å². The quantitative estimate of drug-likeness (QED) is 0.740. The van der Waals surface area contributed by atoms with Gasteiger partial charge in [-0.25, -0.2) is 8.42 Å². The Kier molecular flexibility index (Phi) is 6.48. The van der Waals surface area contributed by atoms with Crippen molar-refractivity contribution in [1.29, 1.82) is 0 Å². The van der Waals surface area contributed by atoms with E-state index in [0.29, 0.717) is 30.2 Å². The summed E-state index contributed by atoms with van der Waals surface area (Å²) in [6.07, 6.45) is 2.47. The highest BCUT2D eigenvalue weighted by Crippen LogP contribution is 2.30. The highest BCUT2D eigenvalue weighted by atomic mass is 35.5. The van der Waals surface area contributed by atoms with Crippen LogP contribution in [0.4, 0.5) is 0 Å². The third kappa shape index (κ3) is 4.40. The highest BCUT2D eigenvalue weighted by Gasteiger charge is 2.32. The van der Waals surface area contributed by atoms with Crippen molar-refractivity contribution >= 4 is 27.6 Å². The average molecular weight is 376 g/mol.